The largest absolute Gasteiger partial charge is 0.465 e. The zero-order chi connectivity index (χ0) is 14.5. The third kappa shape index (κ3) is 4.16. The lowest BCUT2D eigenvalue weighted by Crippen LogP contribution is -2.60. The number of nitrogens with two attached hydrogens (primary N) is 1. The summed E-state index contributed by atoms with van der Waals surface area (Å²) >= 11 is 0. The lowest BCUT2D eigenvalue weighted by Gasteiger charge is -2.36. The van der Waals surface area contributed by atoms with Crippen molar-refractivity contribution in [3.63, 3.8) is 0 Å². The van der Waals surface area contributed by atoms with Crippen LogP contribution in [0.1, 0.15) is 33.6 Å². The van der Waals surface area contributed by atoms with Crippen molar-refractivity contribution >= 4 is 5.97 Å². The molecule has 19 heavy (non-hydrogen) atoms. The second kappa shape index (κ2) is 7.22. The third-order valence-corrected chi connectivity index (χ3v) is 3.86. The predicted molar refractivity (Wildman–Crippen MR) is 74.9 cm³/mol. The quantitative estimate of drug-likeness (QED) is 0.635. The Bertz CT molecular complexity index is 294. The molecular formula is C14H28N2O3. The van der Waals surface area contributed by atoms with Gasteiger partial charge < -0.3 is 15.2 Å². The van der Waals surface area contributed by atoms with E-state index in [2.05, 4.69) is 18.7 Å². The van der Waals surface area contributed by atoms with Gasteiger partial charge in [0.15, 0.2) is 0 Å². The Morgan fingerprint density at radius 3 is 2.53 bits per heavy atom. The molecule has 0 spiro atoms. The molecule has 0 aromatic rings. The van der Waals surface area contributed by atoms with Crippen LogP contribution in [0.5, 0.6) is 0 Å². The van der Waals surface area contributed by atoms with Gasteiger partial charge in [-0.05, 0) is 39.2 Å². The van der Waals surface area contributed by atoms with Crippen molar-refractivity contribution in [3.05, 3.63) is 0 Å². The van der Waals surface area contributed by atoms with E-state index < -0.39 is 5.54 Å². The average Bonchev–Trinajstić information content (AvgIpc) is 3.20. The lowest BCUT2D eigenvalue weighted by atomic mass is 9.93. The number of esters is 1. The van der Waals surface area contributed by atoms with Crippen molar-refractivity contribution in [1.82, 2.24) is 4.90 Å². The van der Waals surface area contributed by atoms with Crippen LogP contribution < -0.4 is 5.73 Å². The molecular weight excluding hydrogens is 244 g/mol. The second-order valence-corrected chi connectivity index (χ2v) is 5.40. The summed E-state index contributed by atoms with van der Waals surface area (Å²) in [6.45, 7) is 8.38. The van der Waals surface area contributed by atoms with Gasteiger partial charge in [0.05, 0.1) is 13.2 Å². The van der Waals surface area contributed by atoms with Gasteiger partial charge in [-0.1, -0.05) is 6.92 Å². The van der Waals surface area contributed by atoms with Crippen LogP contribution in [0.3, 0.4) is 0 Å². The van der Waals surface area contributed by atoms with Gasteiger partial charge in [-0.3, -0.25) is 4.90 Å². The Labute approximate surface area is 116 Å². The highest BCUT2D eigenvalue weighted by atomic mass is 16.5. The Morgan fingerprint density at radius 1 is 1.47 bits per heavy atom. The molecule has 112 valence electrons. The van der Waals surface area contributed by atoms with Crippen molar-refractivity contribution in [1.29, 1.82) is 0 Å². The molecule has 2 atom stereocenters. The summed E-state index contributed by atoms with van der Waals surface area (Å²) in [6, 6.07) is 0.242. The minimum Gasteiger partial charge on any atom is -0.465 e. The number of carbonyl (C=O) groups is 1. The van der Waals surface area contributed by atoms with E-state index in [4.69, 9.17) is 15.2 Å². The monoisotopic (exact) mass is 272 g/mol. The maximum Gasteiger partial charge on any atom is 0.327 e. The molecule has 0 heterocycles. The predicted octanol–water partition coefficient (Wildman–Crippen LogP) is 1.01. The van der Waals surface area contributed by atoms with E-state index in [0.29, 0.717) is 19.8 Å². The smallest absolute Gasteiger partial charge is 0.327 e. The number of methoxy groups -OCH3 is 1. The molecule has 0 aliphatic heterocycles. The first kappa shape index (κ1) is 16.4. The van der Waals surface area contributed by atoms with Crippen molar-refractivity contribution < 1.29 is 14.3 Å². The Balaban J connectivity index is 2.73. The molecule has 5 heteroatoms. The summed E-state index contributed by atoms with van der Waals surface area (Å²) in [5.41, 5.74) is 5.52. The summed E-state index contributed by atoms with van der Waals surface area (Å²) < 4.78 is 10.4. The van der Waals surface area contributed by atoms with Gasteiger partial charge in [-0.25, -0.2) is 4.79 Å². The molecule has 1 fully saturated rings. The van der Waals surface area contributed by atoms with E-state index in [1.165, 1.54) is 0 Å². The molecule has 2 unspecified atom stereocenters. The normalized spacial score (nSPS) is 20.1. The summed E-state index contributed by atoms with van der Waals surface area (Å²) in [6.07, 6.45) is 2.04. The van der Waals surface area contributed by atoms with Crippen LogP contribution in [0.4, 0.5) is 0 Å². The van der Waals surface area contributed by atoms with Gasteiger partial charge in [0.1, 0.15) is 5.54 Å². The topological polar surface area (TPSA) is 64.8 Å². The Kier molecular flexibility index (Phi) is 6.23. The third-order valence-electron chi connectivity index (χ3n) is 3.86. The van der Waals surface area contributed by atoms with E-state index in [-0.39, 0.29) is 17.9 Å². The molecule has 0 amide bonds. The fourth-order valence-corrected chi connectivity index (χ4v) is 2.49. The van der Waals surface area contributed by atoms with Crippen LogP contribution in [-0.2, 0) is 14.3 Å². The maximum absolute atomic E-state index is 12.2. The zero-order valence-electron chi connectivity index (χ0n) is 12.6. The van der Waals surface area contributed by atoms with Crippen molar-refractivity contribution in [2.45, 2.75) is 45.2 Å². The van der Waals surface area contributed by atoms with E-state index in [1.807, 2.05) is 6.92 Å². The molecule has 1 aliphatic rings. The summed E-state index contributed by atoms with van der Waals surface area (Å²) in [7, 11) is 1.69. The summed E-state index contributed by atoms with van der Waals surface area (Å²) in [4.78, 5) is 14.4. The van der Waals surface area contributed by atoms with E-state index >= 15 is 0 Å². The molecule has 1 aliphatic carbocycles. The lowest BCUT2D eigenvalue weighted by molar-refractivity contribution is -0.151. The Hall–Kier alpha value is -0.650. The van der Waals surface area contributed by atoms with Gasteiger partial charge in [0, 0.05) is 19.7 Å². The van der Waals surface area contributed by atoms with Gasteiger partial charge >= 0.3 is 5.97 Å². The van der Waals surface area contributed by atoms with Crippen LogP contribution in [0.15, 0.2) is 0 Å². The number of hydrogen-bond donors (Lipinski definition) is 1. The van der Waals surface area contributed by atoms with E-state index in [1.54, 1.807) is 7.11 Å². The molecule has 2 N–H and O–H groups in total. The maximum atomic E-state index is 12.2. The molecule has 0 saturated heterocycles. The van der Waals surface area contributed by atoms with Gasteiger partial charge in [0.2, 0.25) is 0 Å². The number of likely N-dealkylation sites (N-methyl/N-ethyl adjacent to an activating group) is 1. The fraction of sp³-hybridized carbons (Fsp3) is 0.929. The number of nitrogens with zero attached hydrogens (tertiary/aromatic N) is 1. The first-order chi connectivity index (χ1) is 8.99. The van der Waals surface area contributed by atoms with Crippen molar-refractivity contribution in [3.8, 4) is 0 Å². The van der Waals surface area contributed by atoms with Gasteiger partial charge in [0.25, 0.3) is 0 Å². The minimum absolute atomic E-state index is 0.242. The van der Waals surface area contributed by atoms with Crippen LogP contribution in [0, 0.1) is 5.92 Å². The minimum atomic E-state index is -0.867. The number of rotatable bonds is 9. The fourth-order valence-electron chi connectivity index (χ4n) is 2.49. The van der Waals surface area contributed by atoms with Crippen LogP contribution >= 0.6 is 0 Å². The number of hydrogen-bond acceptors (Lipinski definition) is 5. The van der Waals surface area contributed by atoms with Crippen LogP contribution in [-0.4, -0.2) is 55.9 Å². The molecule has 0 radical (unpaired) electrons. The molecule has 0 aromatic carbocycles. The van der Waals surface area contributed by atoms with Gasteiger partial charge in [-0.2, -0.15) is 0 Å². The average molecular weight is 272 g/mol. The number of carbonyl (C=O) groups excluding carboxylic acids is 1. The van der Waals surface area contributed by atoms with Gasteiger partial charge in [-0.15, -0.1) is 0 Å². The van der Waals surface area contributed by atoms with Crippen molar-refractivity contribution in [2.24, 2.45) is 11.7 Å². The first-order valence-electron chi connectivity index (χ1n) is 7.18. The standard InChI is InChI=1S/C14H28N2O3/c1-5-16(11(3)9-18-4)10-14(15,12-7-8-12)13(17)19-6-2/h11-12H,5-10,15H2,1-4H3. The SMILES string of the molecule is CCOC(=O)C(N)(CN(CC)C(C)COC)C1CC1. The highest BCUT2D eigenvalue weighted by molar-refractivity contribution is 5.82. The zero-order valence-corrected chi connectivity index (χ0v) is 12.6. The number of ether oxygens (including phenoxy) is 2. The first-order valence-corrected chi connectivity index (χ1v) is 7.18. The van der Waals surface area contributed by atoms with E-state index in [9.17, 15) is 4.79 Å². The van der Waals surface area contributed by atoms with E-state index in [0.717, 1.165) is 19.4 Å². The highest BCUT2D eigenvalue weighted by Crippen LogP contribution is 2.39. The van der Waals surface area contributed by atoms with Crippen molar-refractivity contribution in [2.75, 3.05) is 33.4 Å². The summed E-state index contributed by atoms with van der Waals surface area (Å²) in [5.74, 6) is -0.00379. The summed E-state index contributed by atoms with van der Waals surface area (Å²) in [5, 5.41) is 0. The highest BCUT2D eigenvalue weighted by Gasteiger charge is 2.50. The second-order valence-electron chi connectivity index (χ2n) is 5.40. The molecule has 0 aromatic heterocycles. The van der Waals surface area contributed by atoms with Crippen LogP contribution in [0.25, 0.3) is 0 Å². The van der Waals surface area contributed by atoms with Crippen LogP contribution in [0.2, 0.25) is 0 Å². The Morgan fingerprint density at radius 2 is 2.11 bits per heavy atom. The molecule has 1 saturated carbocycles. The molecule has 0 bridgehead atoms. The molecule has 5 nitrogen and oxygen atoms in total. The molecule has 1 rings (SSSR count).